The van der Waals surface area contributed by atoms with Crippen molar-refractivity contribution in [3.05, 3.63) is 7.05 Å². The van der Waals surface area contributed by atoms with Crippen LogP contribution in [0.3, 0.4) is 0 Å². The molecule has 0 aromatic rings. The Bertz CT molecular complexity index is 124. The number of quaternary nitrogens is 1. The summed E-state index contributed by atoms with van der Waals surface area (Å²) in [4.78, 5) is 11.4. The molecule has 2 N–H and O–H groups in total. The van der Waals surface area contributed by atoms with Gasteiger partial charge >= 0.3 is 5.97 Å². The van der Waals surface area contributed by atoms with Crippen LogP contribution in [0.1, 0.15) is 6.42 Å². The number of hydrogen-bond acceptors (Lipinski definition) is 1. The Morgan fingerprint density at radius 2 is 2.44 bits per heavy atom. The lowest BCUT2D eigenvalue weighted by atomic mass is 10.1. The highest BCUT2D eigenvalue weighted by Gasteiger charge is 2.26. The van der Waals surface area contributed by atoms with Gasteiger partial charge in [-0.25, -0.2) is 0 Å². The molecule has 0 radical (unpaired) electrons. The maximum Gasteiger partial charge on any atom is 0.312 e. The van der Waals surface area contributed by atoms with Crippen molar-refractivity contribution in [2.75, 3.05) is 13.1 Å². The highest BCUT2D eigenvalue weighted by atomic mass is 16.4. The van der Waals surface area contributed by atoms with Gasteiger partial charge in [-0.15, -0.1) is 0 Å². The Morgan fingerprint density at radius 1 is 1.78 bits per heavy atom. The molecular formula is C6H11NO2. The number of carboxylic acids is 1. The van der Waals surface area contributed by atoms with Gasteiger partial charge in [0.25, 0.3) is 0 Å². The van der Waals surface area contributed by atoms with Crippen LogP contribution in [0.5, 0.6) is 0 Å². The molecule has 0 saturated carbocycles. The molecule has 1 unspecified atom stereocenters. The molecule has 1 aliphatic heterocycles. The first-order valence-corrected chi connectivity index (χ1v) is 3.09. The maximum atomic E-state index is 10.3. The van der Waals surface area contributed by atoms with Crippen LogP contribution >= 0.6 is 0 Å². The lowest BCUT2D eigenvalue weighted by Gasteiger charge is -2.10. The third-order valence-electron chi connectivity index (χ3n) is 1.73. The Kier molecular flexibility index (Phi) is 1.71. The average Bonchev–Trinajstić information content (AvgIpc) is 2.14. The van der Waals surface area contributed by atoms with Gasteiger partial charge in [-0.1, -0.05) is 0 Å². The predicted octanol–water partition coefficient (Wildman–Crippen LogP) is -1.23. The smallest absolute Gasteiger partial charge is 0.312 e. The summed E-state index contributed by atoms with van der Waals surface area (Å²) < 4.78 is 0. The third-order valence-corrected chi connectivity index (χ3v) is 1.73. The summed E-state index contributed by atoms with van der Waals surface area (Å²) in [5.74, 6) is -0.814. The van der Waals surface area contributed by atoms with Crippen LogP contribution in [0.4, 0.5) is 0 Å². The Morgan fingerprint density at radius 3 is 2.67 bits per heavy atom. The first kappa shape index (κ1) is 6.55. The molecule has 0 aromatic carbocycles. The number of nitrogens with one attached hydrogen (secondary N) is 1. The van der Waals surface area contributed by atoms with Crippen LogP contribution in [0.25, 0.3) is 0 Å². The second-order valence-electron chi connectivity index (χ2n) is 2.53. The van der Waals surface area contributed by atoms with Gasteiger partial charge in [0.2, 0.25) is 0 Å². The van der Waals surface area contributed by atoms with Crippen molar-refractivity contribution in [2.24, 2.45) is 5.92 Å². The second-order valence-corrected chi connectivity index (χ2v) is 2.53. The highest BCUT2D eigenvalue weighted by Crippen LogP contribution is 2.02. The fourth-order valence-electron chi connectivity index (χ4n) is 1.14. The molecule has 1 heterocycles. The molecule has 0 aromatic heterocycles. The fourth-order valence-corrected chi connectivity index (χ4v) is 1.14. The predicted molar refractivity (Wildman–Crippen MR) is 31.8 cm³/mol. The molecule has 9 heavy (non-hydrogen) atoms. The van der Waals surface area contributed by atoms with E-state index in [1.54, 1.807) is 0 Å². The first-order chi connectivity index (χ1) is 4.20. The Labute approximate surface area is 54.3 Å². The summed E-state index contributed by atoms with van der Waals surface area (Å²) in [7, 11) is 3.72. The van der Waals surface area contributed by atoms with E-state index >= 15 is 0 Å². The zero-order chi connectivity index (χ0) is 6.85. The van der Waals surface area contributed by atoms with E-state index < -0.39 is 5.97 Å². The molecule has 0 spiro atoms. The number of aliphatic carboxylic acids is 1. The lowest BCUT2D eigenvalue weighted by Crippen LogP contribution is -3.04. The Hall–Kier alpha value is -0.570. The van der Waals surface area contributed by atoms with Gasteiger partial charge in [0.05, 0.1) is 13.1 Å². The second kappa shape index (κ2) is 2.35. The van der Waals surface area contributed by atoms with Crippen molar-refractivity contribution in [1.82, 2.24) is 0 Å². The number of likely N-dealkylation sites (tertiary alicyclic amines) is 1. The summed E-state index contributed by atoms with van der Waals surface area (Å²) in [6.07, 6.45) is 0.786. The van der Waals surface area contributed by atoms with Gasteiger partial charge < -0.3 is 10.0 Å². The van der Waals surface area contributed by atoms with Crippen LogP contribution in [0, 0.1) is 13.0 Å². The van der Waals surface area contributed by atoms with Gasteiger partial charge in [0.15, 0.2) is 0 Å². The summed E-state index contributed by atoms with van der Waals surface area (Å²) >= 11 is 0. The van der Waals surface area contributed by atoms with E-state index in [0.29, 0.717) is 6.54 Å². The summed E-state index contributed by atoms with van der Waals surface area (Å²) in [5, 5.41) is 8.49. The zero-order valence-corrected chi connectivity index (χ0v) is 5.26. The van der Waals surface area contributed by atoms with Gasteiger partial charge in [-0.2, -0.15) is 7.05 Å². The van der Waals surface area contributed by atoms with Gasteiger partial charge in [-0.3, -0.25) is 4.79 Å². The molecule has 52 valence electrons. The number of carboxylic acid groups (broad SMARTS) is 1. The molecule has 1 fully saturated rings. The van der Waals surface area contributed by atoms with E-state index in [4.69, 9.17) is 5.11 Å². The van der Waals surface area contributed by atoms with Gasteiger partial charge in [-0.05, 0) is 0 Å². The van der Waals surface area contributed by atoms with Crippen LogP contribution in [0.2, 0.25) is 0 Å². The Balaban J connectivity index is 2.39. The molecule has 2 atom stereocenters. The quantitative estimate of drug-likeness (QED) is 0.435. The lowest BCUT2D eigenvalue weighted by molar-refractivity contribution is -0.840. The monoisotopic (exact) mass is 129 g/mol. The highest BCUT2D eigenvalue weighted by molar-refractivity contribution is 5.70. The minimum atomic E-state index is -0.673. The molecule has 0 aliphatic carbocycles. The normalized spacial score (nSPS) is 34.8. The third kappa shape index (κ3) is 1.42. The molecule has 0 amide bonds. The molecule has 3 nitrogen and oxygen atoms in total. The van der Waals surface area contributed by atoms with E-state index in [1.165, 1.54) is 0 Å². The zero-order valence-electron chi connectivity index (χ0n) is 5.26. The molecular weight excluding hydrogens is 118 g/mol. The molecule has 0 bridgehead atoms. The van der Waals surface area contributed by atoms with Crippen LogP contribution in [-0.2, 0) is 4.79 Å². The van der Waals surface area contributed by atoms with Gasteiger partial charge in [0.1, 0.15) is 5.92 Å². The average molecular weight is 129 g/mol. The van der Waals surface area contributed by atoms with Crippen LogP contribution in [-0.4, -0.2) is 24.2 Å². The SMILES string of the molecule is [CH2-][NH+]1CC[C@@H](C(=O)O)C1. The van der Waals surface area contributed by atoms with Gasteiger partial charge in [0, 0.05) is 6.42 Å². The molecule has 3 heteroatoms. The van der Waals surface area contributed by atoms with Crippen molar-refractivity contribution in [3.63, 3.8) is 0 Å². The van der Waals surface area contributed by atoms with Crippen molar-refractivity contribution >= 4 is 5.97 Å². The maximum absolute atomic E-state index is 10.3. The minimum absolute atomic E-state index is 0.141. The molecule has 1 aliphatic rings. The minimum Gasteiger partial charge on any atom is -0.481 e. The standard InChI is InChI=1S/C6H11NO2/c1-7-3-2-5(4-7)6(8)9/h5,7H,1-4H2,(H,8,9)/t5-/m1/s1. The first-order valence-electron chi connectivity index (χ1n) is 3.09. The van der Waals surface area contributed by atoms with Crippen LogP contribution < -0.4 is 4.90 Å². The molecule has 1 rings (SSSR count). The van der Waals surface area contributed by atoms with E-state index in [1.807, 2.05) is 0 Å². The van der Waals surface area contributed by atoms with Crippen molar-refractivity contribution in [2.45, 2.75) is 6.42 Å². The van der Waals surface area contributed by atoms with E-state index in [0.717, 1.165) is 17.9 Å². The van der Waals surface area contributed by atoms with Crippen molar-refractivity contribution in [1.29, 1.82) is 0 Å². The fraction of sp³-hybridized carbons (Fsp3) is 0.667. The number of carbonyl (C=O) groups is 1. The van der Waals surface area contributed by atoms with Crippen molar-refractivity contribution in [3.8, 4) is 0 Å². The van der Waals surface area contributed by atoms with E-state index in [2.05, 4.69) is 7.05 Å². The number of rotatable bonds is 1. The topological polar surface area (TPSA) is 41.7 Å². The summed E-state index contributed by atoms with van der Waals surface area (Å²) in [5.41, 5.74) is 0. The molecule has 1 saturated heterocycles. The van der Waals surface area contributed by atoms with Crippen molar-refractivity contribution < 1.29 is 14.8 Å². The largest absolute Gasteiger partial charge is 0.481 e. The number of hydrogen-bond donors (Lipinski definition) is 2. The summed E-state index contributed by atoms with van der Waals surface area (Å²) in [6, 6.07) is 0. The van der Waals surface area contributed by atoms with E-state index in [9.17, 15) is 4.79 Å². The van der Waals surface area contributed by atoms with Crippen LogP contribution in [0.15, 0.2) is 0 Å². The summed E-state index contributed by atoms with van der Waals surface area (Å²) in [6.45, 7) is 1.59. The van der Waals surface area contributed by atoms with E-state index in [-0.39, 0.29) is 5.92 Å².